The van der Waals surface area contributed by atoms with Crippen LogP contribution in [0.5, 0.6) is 5.75 Å². The van der Waals surface area contributed by atoms with Gasteiger partial charge < -0.3 is 9.47 Å². The van der Waals surface area contributed by atoms with Crippen LogP contribution in [-0.4, -0.2) is 26.0 Å². The highest BCUT2D eigenvalue weighted by molar-refractivity contribution is 7.98. The smallest absolute Gasteiger partial charge is 0.262 e. The Morgan fingerprint density at radius 3 is 2.94 bits per heavy atom. The number of aromatic nitrogens is 4. The molecule has 5 rings (SSSR count). The first-order valence-electron chi connectivity index (χ1n) is 10.7. The van der Waals surface area contributed by atoms with Gasteiger partial charge in [-0.15, -0.1) is 10.2 Å². The van der Waals surface area contributed by atoms with Gasteiger partial charge in [-0.1, -0.05) is 55.3 Å². The van der Waals surface area contributed by atoms with Crippen molar-refractivity contribution >= 4 is 40.0 Å². The van der Waals surface area contributed by atoms with Gasteiger partial charge in [0.25, 0.3) is 5.56 Å². The minimum absolute atomic E-state index is 0.0227. The summed E-state index contributed by atoms with van der Waals surface area (Å²) >= 11 is 7.87. The Morgan fingerprint density at radius 2 is 2.06 bits per heavy atom. The number of unbranched alkanes of at least 4 members (excludes halogenated alkanes) is 2. The lowest BCUT2D eigenvalue weighted by molar-refractivity contribution is -0.0168. The summed E-state index contributed by atoms with van der Waals surface area (Å²) in [5, 5.41) is 10.9. The summed E-state index contributed by atoms with van der Waals surface area (Å²) in [4.78, 5) is 13.2. The molecule has 2 aromatic heterocycles. The van der Waals surface area contributed by atoms with Gasteiger partial charge in [0.15, 0.2) is 11.9 Å². The second-order valence-corrected chi connectivity index (χ2v) is 9.13. The summed E-state index contributed by atoms with van der Waals surface area (Å²) in [5.74, 6) is 2.00. The van der Waals surface area contributed by atoms with Gasteiger partial charge in [0.05, 0.1) is 17.5 Å². The van der Waals surface area contributed by atoms with E-state index < -0.39 is 0 Å². The lowest BCUT2D eigenvalue weighted by Crippen LogP contribution is -2.23. The summed E-state index contributed by atoms with van der Waals surface area (Å²) in [7, 11) is 0. The third kappa shape index (κ3) is 3.87. The first kappa shape index (κ1) is 21.3. The Kier molecular flexibility index (Phi) is 6.08. The van der Waals surface area contributed by atoms with Crippen LogP contribution in [0.25, 0.3) is 16.7 Å². The molecule has 0 N–H and O–H groups in total. The Balaban J connectivity index is 1.56. The molecule has 0 spiro atoms. The van der Waals surface area contributed by atoms with Crippen LogP contribution in [0.4, 0.5) is 0 Å². The van der Waals surface area contributed by atoms with Crippen molar-refractivity contribution in [3.05, 3.63) is 62.9 Å². The Labute approximate surface area is 194 Å². The normalized spacial score (nSPS) is 13.4. The molecule has 2 aromatic carbocycles. The van der Waals surface area contributed by atoms with Crippen molar-refractivity contribution < 1.29 is 9.47 Å². The first-order chi connectivity index (χ1) is 15.7. The largest absolute Gasteiger partial charge is 0.467 e. The molecule has 0 atom stereocenters. The maximum atomic E-state index is 13.2. The highest BCUT2D eigenvalue weighted by Gasteiger charge is 2.20. The van der Waals surface area contributed by atoms with Gasteiger partial charge in [0.2, 0.25) is 5.78 Å². The number of hydrogen-bond acceptors (Lipinski definition) is 6. The molecule has 0 saturated carbocycles. The summed E-state index contributed by atoms with van der Waals surface area (Å²) in [5.41, 5.74) is 2.72. The zero-order chi connectivity index (χ0) is 22.1. The number of halogens is 1. The van der Waals surface area contributed by atoms with Crippen LogP contribution in [0.2, 0.25) is 5.02 Å². The van der Waals surface area contributed by atoms with E-state index in [-0.39, 0.29) is 12.4 Å². The van der Waals surface area contributed by atoms with Crippen molar-refractivity contribution in [2.24, 2.45) is 0 Å². The monoisotopic (exact) mass is 470 g/mol. The van der Waals surface area contributed by atoms with Gasteiger partial charge in [-0.2, -0.15) is 0 Å². The van der Waals surface area contributed by atoms with Crippen LogP contribution in [0.3, 0.4) is 0 Å². The first-order valence-corrected chi connectivity index (χ1v) is 12.0. The number of nitrogens with zero attached hydrogens (tertiary/aromatic N) is 4. The van der Waals surface area contributed by atoms with Crippen LogP contribution in [0.1, 0.15) is 37.3 Å². The van der Waals surface area contributed by atoms with E-state index in [9.17, 15) is 4.79 Å². The fourth-order valence-corrected chi connectivity index (χ4v) is 5.22. The number of benzene rings is 2. The number of aryl methyl sites for hydroxylation is 1. The molecule has 166 valence electrons. The maximum Gasteiger partial charge on any atom is 0.262 e. The van der Waals surface area contributed by atoms with Gasteiger partial charge in [-0.3, -0.25) is 13.8 Å². The lowest BCUT2D eigenvalue weighted by atomic mass is 10.1. The Hall–Kier alpha value is -2.55. The van der Waals surface area contributed by atoms with Crippen molar-refractivity contribution in [3.8, 4) is 5.75 Å². The molecular formula is C23H23ClN4O3S. The van der Waals surface area contributed by atoms with E-state index in [2.05, 4.69) is 17.1 Å². The third-order valence-corrected chi connectivity index (χ3v) is 6.77. The predicted octanol–water partition coefficient (Wildman–Crippen LogP) is 5.05. The number of para-hydroxylation sites is 1. The maximum absolute atomic E-state index is 13.2. The zero-order valence-electron chi connectivity index (χ0n) is 17.7. The highest BCUT2D eigenvalue weighted by atomic mass is 35.5. The number of thioether (sulfide) groups is 1. The average molecular weight is 471 g/mol. The summed E-state index contributed by atoms with van der Waals surface area (Å²) < 4.78 is 14.9. The average Bonchev–Trinajstić information content (AvgIpc) is 3.23. The van der Waals surface area contributed by atoms with Crippen molar-refractivity contribution in [2.45, 2.75) is 50.2 Å². The quantitative estimate of drug-likeness (QED) is 0.278. The van der Waals surface area contributed by atoms with Crippen molar-refractivity contribution in [1.29, 1.82) is 0 Å². The molecule has 1 aliphatic rings. The molecule has 1 aliphatic heterocycles. The second kappa shape index (κ2) is 9.13. The van der Waals surface area contributed by atoms with E-state index in [1.165, 1.54) is 0 Å². The molecule has 0 unspecified atom stereocenters. The number of hydrogen-bond donors (Lipinski definition) is 0. The highest BCUT2D eigenvalue weighted by Crippen LogP contribution is 2.35. The lowest BCUT2D eigenvalue weighted by Gasteiger charge is -2.21. The van der Waals surface area contributed by atoms with Gasteiger partial charge in [-0.25, -0.2) is 0 Å². The van der Waals surface area contributed by atoms with Crippen molar-refractivity contribution in [1.82, 2.24) is 19.2 Å². The second-order valence-electron chi connectivity index (χ2n) is 7.75. The molecule has 0 saturated heterocycles. The number of rotatable bonds is 7. The SMILES string of the molecule is CCCCCn1c(=O)c2ccccc2n2c(SCc3cc(Cl)cc4c3OCOC4)nnc12. The molecule has 0 fully saturated rings. The van der Waals surface area contributed by atoms with E-state index in [0.29, 0.717) is 35.1 Å². The van der Waals surface area contributed by atoms with E-state index in [4.69, 9.17) is 21.1 Å². The van der Waals surface area contributed by atoms with Gasteiger partial charge in [0.1, 0.15) is 5.75 Å². The van der Waals surface area contributed by atoms with Crippen LogP contribution in [0.15, 0.2) is 46.3 Å². The van der Waals surface area contributed by atoms with E-state index in [1.807, 2.05) is 40.8 Å². The Morgan fingerprint density at radius 1 is 1.19 bits per heavy atom. The fraction of sp³-hybridized carbons (Fsp3) is 0.348. The van der Waals surface area contributed by atoms with Gasteiger partial charge >= 0.3 is 0 Å². The van der Waals surface area contributed by atoms with Crippen molar-refractivity contribution in [2.75, 3.05) is 6.79 Å². The molecule has 9 heteroatoms. The fourth-order valence-electron chi connectivity index (χ4n) is 4.05. The topological polar surface area (TPSA) is 70.7 Å². The van der Waals surface area contributed by atoms with E-state index in [1.54, 1.807) is 16.3 Å². The number of fused-ring (bicyclic) bond motifs is 4. The zero-order valence-corrected chi connectivity index (χ0v) is 19.3. The predicted molar refractivity (Wildman–Crippen MR) is 126 cm³/mol. The molecule has 32 heavy (non-hydrogen) atoms. The molecule has 0 aliphatic carbocycles. The van der Waals surface area contributed by atoms with Crippen LogP contribution in [0, 0.1) is 0 Å². The Bertz CT molecular complexity index is 1350. The number of ether oxygens (including phenoxy) is 2. The van der Waals surface area contributed by atoms with Crippen LogP contribution >= 0.6 is 23.4 Å². The van der Waals surface area contributed by atoms with Gasteiger partial charge in [0, 0.05) is 28.4 Å². The van der Waals surface area contributed by atoms with Crippen LogP contribution in [-0.2, 0) is 23.6 Å². The molecule has 4 aromatic rings. The standard InChI is InChI=1S/C23H23ClN4O3S/c1-2-3-6-9-27-21(29)18-7-4-5-8-19(18)28-22(27)25-26-23(28)32-13-16-11-17(24)10-15-12-30-14-31-20(15)16/h4-5,7-8,10-11H,2-3,6,9,12-14H2,1H3. The van der Waals surface area contributed by atoms with E-state index in [0.717, 1.165) is 46.8 Å². The molecule has 0 bridgehead atoms. The van der Waals surface area contributed by atoms with Crippen LogP contribution < -0.4 is 10.3 Å². The van der Waals surface area contributed by atoms with Crippen molar-refractivity contribution in [3.63, 3.8) is 0 Å². The van der Waals surface area contributed by atoms with E-state index >= 15 is 0 Å². The molecular weight excluding hydrogens is 448 g/mol. The molecule has 0 amide bonds. The minimum atomic E-state index is -0.0227. The summed E-state index contributed by atoms with van der Waals surface area (Å²) in [6.07, 6.45) is 3.07. The third-order valence-electron chi connectivity index (χ3n) is 5.57. The summed E-state index contributed by atoms with van der Waals surface area (Å²) in [6, 6.07) is 11.4. The summed E-state index contributed by atoms with van der Waals surface area (Å²) in [6.45, 7) is 3.49. The van der Waals surface area contributed by atoms with Gasteiger partial charge in [-0.05, 0) is 30.7 Å². The minimum Gasteiger partial charge on any atom is -0.467 e. The molecule has 3 heterocycles. The molecule has 7 nitrogen and oxygen atoms in total. The molecule has 0 radical (unpaired) electrons.